The highest BCUT2D eigenvalue weighted by molar-refractivity contribution is 8.14. The Morgan fingerprint density at radius 2 is 1.62 bits per heavy atom. The molecule has 1 aromatic heterocycles. The molecule has 0 aliphatic heterocycles. The first kappa shape index (κ1) is 15.4. The molecule has 2 rings (SSSR count). The zero-order chi connectivity index (χ0) is 15.4. The van der Waals surface area contributed by atoms with E-state index < -0.39 is 5.97 Å². The number of aromatic nitrogens is 1. The van der Waals surface area contributed by atoms with E-state index in [1.807, 2.05) is 26.0 Å². The Hall–Kier alpha value is -2.01. The van der Waals surface area contributed by atoms with Gasteiger partial charge in [-0.2, -0.15) is 0 Å². The van der Waals surface area contributed by atoms with E-state index in [0.717, 1.165) is 29.7 Å². The number of nitrogens with zero attached hydrogens (tertiary/aromatic N) is 1. The van der Waals surface area contributed by atoms with Crippen LogP contribution in [0.2, 0.25) is 0 Å². The Bertz CT molecular complexity index is 656. The topological polar surface area (TPSA) is 59.3 Å². The van der Waals surface area contributed by atoms with Gasteiger partial charge in [0.15, 0.2) is 0 Å². The van der Waals surface area contributed by atoms with Crippen LogP contribution < -0.4 is 0 Å². The molecule has 4 nitrogen and oxygen atoms in total. The lowest BCUT2D eigenvalue weighted by Gasteiger charge is -2.09. The van der Waals surface area contributed by atoms with E-state index in [0.29, 0.717) is 5.75 Å². The van der Waals surface area contributed by atoms with Gasteiger partial charge in [0.25, 0.3) is 0 Å². The highest BCUT2D eigenvalue weighted by Gasteiger charge is 2.16. The molecule has 110 valence electrons. The molecule has 0 spiro atoms. The Morgan fingerprint density at radius 1 is 1.05 bits per heavy atom. The van der Waals surface area contributed by atoms with Gasteiger partial charge in [-0.1, -0.05) is 23.9 Å². The lowest BCUT2D eigenvalue weighted by molar-refractivity contribution is 0.0693. The van der Waals surface area contributed by atoms with Gasteiger partial charge in [-0.15, -0.1) is 0 Å². The SMILES string of the molecule is Cc1ccc(C)n1CCSC(=O)c1ccccc1C(=O)O. The van der Waals surface area contributed by atoms with E-state index in [-0.39, 0.29) is 16.2 Å². The van der Waals surface area contributed by atoms with Crippen LogP contribution in [0.15, 0.2) is 36.4 Å². The molecule has 0 unspecified atom stereocenters. The maximum atomic E-state index is 12.2. The Labute approximate surface area is 127 Å². The van der Waals surface area contributed by atoms with E-state index in [1.54, 1.807) is 18.2 Å². The molecule has 0 fully saturated rings. The van der Waals surface area contributed by atoms with E-state index in [9.17, 15) is 9.59 Å². The van der Waals surface area contributed by atoms with E-state index >= 15 is 0 Å². The molecule has 0 saturated heterocycles. The molecule has 21 heavy (non-hydrogen) atoms. The Kier molecular flexibility index (Phi) is 4.85. The third kappa shape index (κ3) is 3.55. The van der Waals surface area contributed by atoms with Gasteiger partial charge in [0, 0.05) is 29.2 Å². The molecule has 0 radical (unpaired) electrons. The number of thioether (sulfide) groups is 1. The van der Waals surface area contributed by atoms with Crippen LogP contribution in [0, 0.1) is 13.8 Å². The normalized spacial score (nSPS) is 10.6. The fourth-order valence-corrected chi connectivity index (χ4v) is 3.00. The van der Waals surface area contributed by atoms with Gasteiger partial charge in [0.2, 0.25) is 5.12 Å². The fourth-order valence-electron chi connectivity index (χ4n) is 2.21. The summed E-state index contributed by atoms with van der Waals surface area (Å²) in [5, 5.41) is 8.90. The van der Waals surface area contributed by atoms with Crippen LogP contribution in [0.25, 0.3) is 0 Å². The fraction of sp³-hybridized carbons (Fsp3) is 0.250. The van der Waals surface area contributed by atoms with Crippen molar-refractivity contribution in [3.63, 3.8) is 0 Å². The molecular weight excluding hydrogens is 286 g/mol. The summed E-state index contributed by atoms with van der Waals surface area (Å²) in [6, 6.07) is 10.4. The maximum absolute atomic E-state index is 12.2. The average molecular weight is 303 g/mol. The molecule has 0 amide bonds. The number of carbonyl (C=O) groups excluding carboxylic acids is 1. The van der Waals surface area contributed by atoms with Crippen molar-refractivity contribution >= 4 is 22.8 Å². The molecular formula is C16H17NO3S. The van der Waals surface area contributed by atoms with Crippen molar-refractivity contribution in [3.8, 4) is 0 Å². The first-order valence-corrected chi connectivity index (χ1v) is 7.61. The van der Waals surface area contributed by atoms with Crippen molar-refractivity contribution in [1.29, 1.82) is 0 Å². The number of aromatic carboxylic acids is 1. The second-order valence-electron chi connectivity index (χ2n) is 4.75. The molecule has 0 saturated carbocycles. The van der Waals surface area contributed by atoms with Crippen LogP contribution in [0.1, 0.15) is 32.1 Å². The summed E-state index contributed by atoms with van der Waals surface area (Å²) in [6.07, 6.45) is 0. The van der Waals surface area contributed by atoms with Crippen molar-refractivity contribution in [3.05, 3.63) is 58.9 Å². The number of rotatable bonds is 5. The molecule has 0 aliphatic carbocycles. The zero-order valence-electron chi connectivity index (χ0n) is 12.0. The highest BCUT2D eigenvalue weighted by atomic mass is 32.2. The third-order valence-electron chi connectivity index (χ3n) is 3.34. The first-order chi connectivity index (χ1) is 10.0. The summed E-state index contributed by atoms with van der Waals surface area (Å²) < 4.78 is 2.14. The van der Waals surface area contributed by atoms with Crippen molar-refractivity contribution in [2.75, 3.05) is 5.75 Å². The largest absolute Gasteiger partial charge is 0.478 e. The Balaban J connectivity index is 2.01. The standard InChI is InChI=1S/C16H17NO3S/c1-11-7-8-12(2)17(11)9-10-21-16(20)14-6-4-3-5-13(14)15(18)19/h3-8H,9-10H2,1-2H3,(H,18,19). The molecule has 1 aromatic carbocycles. The number of carbonyl (C=O) groups is 2. The average Bonchev–Trinajstić information content (AvgIpc) is 2.78. The first-order valence-electron chi connectivity index (χ1n) is 6.63. The Morgan fingerprint density at radius 3 is 2.19 bits per heavy atom. The number of carboxylic acids is 1. The molecule has 0 aliphatic rings. The smallest absolute Gasteiger partial charge is 0.336 e. The van der Waals surface area contributed by atoms with Crippen LogP contribution in [0.4, 0.5) is 0 Å². The zero-order valence-corrected chi connectivity index (χ0v) is 12.8. The molecule has 1 N–H and O–H groups in total. The maximum Gasteiger partial charge on any atom is 0.336 e. The van der Waals surface area contributed by atoms with Gasteiger partial charge in [-0.25, -0.2) is 4.79 Å². The lowest BCUT2D eigenvalue weighted by Crippen LogP contribution is -2.09. The molecule has 1 heterocycles. The quantitative estimate of drug-likeness (QED) is 0.920. The number of hydrogen-bond donors (Lipinski definition) is 1. The summed E-state index contributed by atoms with van der Waals surface area (Å²) in [5.74, 6) is -0.458. The van der Waals surface area contributed by atoms with Gasteiger partial charge in [0.05, 0.1) is 5.56 Å². The minimum atomic E-state index is -1.07. The second-order valence-corrected chi connectivity index (χ2v) is 5.82. The van der Waals surface area contributed by atoms with Crippen LogP contribution in [-0.4, -0.2) is 26.5 Å². The van der Waals surface area contributed by atoms with E-state index in [2.05, 4.69) is 4.57 Å². The lowest BCUT2D eigenvalue weighted by atomic mass is 10.1. The van der Waals surface area contributed by atoms with Crippen molar-refractivity contribution in [1.82, 2.24) is 4.57 Å². The summed E-state index contributed by atoms with van der Waals surface area (Å²) >= 11 is 1.15. The number of benzene rings is 1. The van der Waals surface area contributed by atoms with Crippen LogP contribution in [0.3, 0.4) is 0 Å². The monoisotopic (exact) mass is 303 g/mol. The van der Waals surface area contributed by atoms with Gasteiger partial charge >= 0.3 is 5.97 Å². The summed E-state index contributed by atoms with van der Waals surface area (Å²) in [6.45, 7) is 4.79. The van der Waals surface area contributed by atoms with Crippen LogP contribution in [-0.2, 0) is 6.54 Å². The molecule has 5 heteroatoms. The van der Waals surface area contributed by atoms with Gasteiger partial charge in [0.1, 0.15) is 0 Å². The van der Waals surface area contributed by atoms with Crippen molar-refractivity contribution in [2.45, 2.75) is 20.4 Å². The van der Waals surface area contributed by atoms with Gasteiger partial charge in [-0.05, 0) is 38.1 Å². The number of hydrogen-bond acceptors (Lipinski definition) is 3. The van der Waals surface area contributed by atoms with Crippen LogP contribution >= 0.6 is 11.8 Å². The molecule has 0 atom stereocenters. The predicted molar refractivity (Wildman–Crippen MR) is 84.1 cm³/mol. The third-order valence-corrected chi connectivity index (χ3v) is 4.21. The van der Waals surface area contributed by atoms with Crippen molar-refractivity contribution < 1.29 is 14.7 Å². The summed E-state index contributed by atoms with van der Waals surface area (Å²) in [7, 11) is 0. The van der Waals surface area contributed by atoms with Gasteiger partial charge < -0.3 is 9.67 Å². The summed E-state index contributed by atoms with van der Waals surface area (Å²) in [4.78, 5) is 23.3. The minimum Gasteiger partial charge on any atom is -0.478 e. The summed E-state index contributed by atoms with van der Waals surface area (Å²) in [5.41, 5.74) is 2.64. The highest BCUT2D eigenvalue weighted by Crippen LogP contribution is 2.18. The number of aryl methyl sites for hydroxylation is 2. The second kappa shape index (κ2) is 6.63. The van der Waals surface area contributed by atoms with E-state index in [1.165, 1.54) is 6.07 Å². The number of carboxylic acid groups (broad SMARTS) is 1. The minimum absolute atomic E-state index is 0.0586. The predicted octanol–water partition coefficient (Wildman–Crippen LogP) is 3.38. The molecule has 2 aromatic rings. The van der Waals surface area contributed by atoms with Gasteiger partial charge in [-0.3, -0.25) is 4.79 Å². The van der Waals surface area contributed by atoms with Crippen molar-refractivity contribution in [2.24, 2.45) is 0 Å². The van der Waals surface area contributed by atoms with Crippen LogP contribution in [0.5, 0.6) is 0 Å². The molecule has 0 bridgehead atoms. The van der Waals surface area contributed by atoms with E-state index in [4.69, 9.17) is 5.11 Å².